The molecule has 1 aromatic carbocycles. The van der Waals surface area contributed by atoms with Crippen LogP contribution in [0, 0.1) is 0 Å². The highest BCUT2D eigenvalue weighted by atomic mass is 19.1. The summed E-state index contributed by atoms with van der Waals surface area (Å²) in [6.07, 6.45) is 0.552. The van der Waals surface area contributed by atoms with Crippen molar-refractivity contribution in [3.63, 3.8) is 0 Å². The van der Waals surface area contributed by atoms with Crippen molar-refractivity contribution < 1.29 is 13.9 Å². The lowest BCUT2D eigenvalue weighted by atomic mass is 9.87. The van der Waals surface area contributed by atoms with Crippen LogP contribution < -0.4 is 5.73 Å². The summed E-state index contributed by atoms with van der Waals surface area (Å²) >= 11 is 0. The number of ether oxygens (including phenoxy) is 1. The van der Waals surface area contributed by atoms with Crippen LogP contribution in [0.4, 0.5) is 14.9 Å². The molecule has 1 aliphatic heterocycles. The van der Waals surface area contributed by atoms with Gasteiger partial charge in [0, 0.05) is 12.2 Å². The molecule has 1 heterocycles. The molecule has 2 rings (SSSR count). The highest BCUT2D eigenvalue weighted by Gasteiger charge is 2.40. The monoisotopic (exact) mass is 294 g/mol. The van der Waals surface area contributed by atoms with Crippen LogP contribution in [0.1, 0.15) is 39.2 Å². The Labute approximate surface area is 125 Å². The van der Waals surface area contributed by atoms with Crippen molar-refractivity contribution in [3.05, 3.63) is 29.8 Å². The quantitative estimate of drug-likeness (QED) is 0.807. The molecule has 2 N–H and O–H groups in total. The fourth-order valence-corrected chi connectivity index (χ4v) is 2.51. The van der Waals surface area contributed by atoms with Crippen molar-refractivity contribution in [2.45, 2.75) is 44.9 Å². The third kappa shape index (κ3) is 3.86. The molecule has 4 nitrogen and oxygen atoms in total. The maximum Gasteiger partial charge on any atom is 0.410 e. The summed E-state index contributed by atoms with van der Waals surface area (Å²) in [6.45, 7) is 5.95. The molecular formula is C16H23FN2O2. The van der Waals surface area contributed by atoms with Crippen LogP contribution in [0.2, 0.25) is 0 Å². The lowest BCUT2D eigenvalue weighted by Gasteiger charge is -2.38. The van der Waals surface area contributed by atoms with Crippen LogP contribution >= 0.6 is 0 Å². The first kappa shape index (κ1) is 15.6. The molecule has 0 aliphatic carbocycles. The molecule has 1 fully saturated rings. The number of hydrogen-bond acceptors (Lipinski definition) is 3. The minimum Gasteiger partial charge on any atom is -0.444 e. The molecule has 1 unspecified atom stereocenters. The fraction of sp³-hybridized carbons (Fsp3) is 0.562. The van der Waals surface area contributed by atoms with Crippen molar-refractivity contribution in [2.24, 2.45) is 0 Å². The highest BCUT2D eigenvalue weighted by Crippen LogP contribution is 2.36. The van der Waals surface area contributed by atoms with E-state index < -0.39 is 17.4 Å². The number of carbonyl (C=O) groups is 1. The van der Waals surface area contributed by atoms with Gasteiger partial charge in [-0.25, -0.2) is 9.18 Å². The lowest BCUT2D eigenvalue weighted by molar-refractivity contribution is -0.00665. The Morgan fingerprint density at radius 2 is 1.95 bits per heavy atom. The zero-order chi connectivity index (χ0) is 15.7. The Kier molecular flexibility index (Phi) is 4.12. The van der Waals surface area contributed by atoms with Gasteiger partial charge in [0.2, 0.25) is 0 Å². The number of benzene rings is 1. The van der Waals surface area contributed by atoms with Gasteiger partial charge in [-0.1, -0.05) is 12.1 Å². The van der Waals surface area contributed by atoms with Crippen LogP contribution in [-0.2, 0) is 10.4 Å². The lowest BCUT2D eigenvalue weighted by Crippen LogP contribution is -2.48. The number of nitrogen functional groups attached to an aromatic ring is 1. The second kappa shape index (κ2) is 5.54. The highest BCUT2D eigenvalue weighted by molar-refractivity contribution is 5.68. The van der Waals surface area contributed by atoms with Crippen molar-refractivity contribution in [2.75, 3.05) is 18.8 Å². The predicted octanol–water partition coefficient (Wildman–Crippen LogP) is 3.46. The smallest absolute Gasteiger partial charge is 0.410 e. The first-order valence-corrected chi connectivity index (χ1v) is 7.22. The summed E-state index contributed by atoms with van der Waals surface area (Å²) < 4.78 is 20.5. The van der Waals surface area contributed by atoms with Gasteiger partial charge < -0.3 is 15.4 Å². The maximum atomic E-state index is 15.2. The van der Waals surface area contributed by atoms with Gasteiger partial charge in [0.05, 0.1) is 6.54 Å². The number of anilines is 1. The Morgan fingerprint density at radius 1 is 1.33 bits per heavy atom. The first-order valence-electron chi connectivity index (χ1n) is 7.22. The standard InChI is InChI=1S/C16H23FN2O2/c1-15(2,3)21-14(20)19-10-4-9-16(17,11-19)12-5-7-13(18)8-6-12/h5-8H,4,9-11,18H2,1-3H3. The Balaban J connectivity index is 2.12. The maximum absolute atomic E-state index is 15.2. The van der Waals surface area contributed by atoms with E-state index in [9.17, 15) is 4.79 Å². The van der Waals surface area contributed by atoms with Gasteiger partial charge in [-0.05, 0) is 51.3 Å². The second-order valence-electron chi connectivity index (χ2n) is 6.59. The molecule has 0 aromatic heterocycles. The van der Waals surface area contributed by atoms with E-state index in [2.05, 4.69) is 0 Å². The number of halogens is 1. The van der Waals surface area contributed by atoms with Crippen molar-refractivity contribution >= 4 is 11.8 Å². The van der Waals surface area contributed by atoms with E-state index in [0.717, 1.165) is 0 Å². The third-order valence-corrected chi connectivity index (χ3v) is 3.52. The first-order chi connectivity index (χ1) is 9.70. The van der Waals surface area contributed by atoms with Crippen LogP contribution in [0.15, 0.2) is 24.3 Å². The summed E-state index contributed by atoms with van der Waals surface area (Å²) in [5, 5.41) is 0. The number of hydrogen-bond donors (Lipinski definition) is 1. The number of nitrogens with two attached hydrogens (primary N) is 1. The molecule has 1 saturated heterocycles. The zero-order valence-electron chi connectivity index (χ0n) is 12.9. The van der Waals surface area contributed by atoms with E-state index in [-0.39, 0.29) is 6.54 Å². The molecule has 1 aliphatic rings. The van der Waals surface area contributed by atoms with Crippen LogP contribution in [0.3, 0.4) is 0 Å². The molecule has 0 spiro atoms. The van der Waals surface area contributed by atoms with Gasteiger partial charge in [0.1, 0.15) is 5.60 Å². The summed E-state index contributed by atoms with van der Waals surface area (Å²) in [5.74, 6) is 0. The van der Waals surface area contributed by atoms with Crippen molar-refractivity contribution in [3.8, 4) is 0 Å². The van der Waals surface area contributed by atoms with Gasteiger partial charge in [0.15, 0.2) is 5.67 Å². The molecule has 0 radical (unpaired) electrons. The van der Waals surface area contributed by atoms with E-state index in [0.29, 0.717) is 30.6 Å². The molecule has 1 aromatic rings. The van der Waals surface area contributed by atoms with Crippen LogP contribution in [-0.4, -0.2) is 29.7 Å². The number of likely N-dealkylation sites (tertiary alicyclic amines) is 1. The Morgan fingerprint density at radius 3 is 2.52 bits per heavy atom. The van der Waals surface area contributed by atoms with Gasteiger partial charge in [-0.2, -0.15) is 0 Å². The zero-order valence-corrected chi connectivity index (χ0v) is 12.9. The second-order valence-corrected chi connectivity index (χ2v) is 6.59. The van der Waals surface area contributed by atoms with E-state index in [1.165, 1.54) is 4.90 Å². The molecule has 1 atom stereocenters. The normalized spacial score (nSPS) is 23.0. The van der Waals surface area contributed by atoms with Crippen molar-refractivity contribution in [1.82, 2.24) is 4.90 Å². The average molecular weight is 294 g/mol. The SMILES string of the molecule is CC(C)(C)OC(=O)N1CCCC(F)(c2ccc(N)cc2)C1. The number of piperidine rings is 1. The topological polar surface area (TPSA) is 55.6 Å². The number of alkyl halides is 1. The Bertz CT molecular complexity index is 510. The van der Waals surface area contributed by atoms with Gasteiger partial charge in [-0.15, -0.1) is 0 Å². The van der Waals surface area contributed by atoms with E-state index in [4.69, 9.17) is 10.5 Å². The minimum atomic E-state index is -1.54. The van der Waals surface area contributed by atoms with Crippen molar-refractivity contribution in [1.29, 1.82) is 0 Å². The van der Waals surface area contributed by atoms with Crippen LogP contribution in [0.5, 0.6) is 0 Å². The molecule has 0 bridgehead atoms. The molecule has 0 saturated carbocycles. The van der Waals surface area contributed by atoms with E-state index in [1.807, 2.05) is 0 Å². The van der Waals surface area contributed by atoms with E-state index >= 15 is 4.39 Å². The predicted molar refractivity (Wildman–Crippen MR) is 80.7 cm³/mol. The minimum absolute atomic E-state index is 0.0197. The van der Waals surface area contributed by atoms with E-state index in [1.54, 1.807) is 45.0 Å². The Hall–Kier alpha value is -1.78. The third-order valence-electron chi connectivity index (χ3n) is 3.52. The largest absolute Gasteiger partial charge is 0.444 e. The summed E-state index contributed by atoms with van der Waals surface area (Å²) in [6, 6.07) is 6.74. The molecule has 5 heteroatoms. The fourth-order valence-electron chi connectivity index (χ4n) is 2.51. The van der Waals surface area contributed by atoms with Gasteiger partial charge in [0.25, 0.3) is 0 Å². The molecule has 1 amide bonds. The number of amides is 1. The van der Waals surface area contributed by atoms with Gasteiger partial charge >= 0.3 is 6.09 Å². The summed E-state index contributed by atoms with van der Waals surface area (Å²) in [4.78, 5) is 13.6. The molecule has 116 valence electrons. The average Bonchev–Trinajstić information content (AvgIpc) is 2.37. The van der Waals surface area contributed by atoms with Crippen LogP contribution in [0.25, 0.3) is 0 Å². The molecular weight excluding hydrogens is 271 g/mol. The van der Waals surface area contributed by atoms with Gasteiger partial charge in [-0.3, -0.25) is 0 Å². The number of rotatable bonds is 1. The summed E-state index contributed by atoms with van der Waals surface area (Å²) in [7, 11) is 0. The number of nitrogens with zero attached hydrogens (tertiary/aromatic N) is 1. The number of carbonyl (C=O) groups excluding carboxylic acids is 1. The summed E-state index contributed by atoms with van der Waals surface area (Å²) in [5.41, 5.74) is 4.68. The molecule has 21 heavy (non-hydrogen) atoms.